The Hall–Kier alpha value is -1.75. The Bertz CT molecular complexity index is 634. The number of ether oxygens (including phenoxy) is 1. The second kappa shape index (κ2) is 10.1. The lowest BCUT2D eigenvalue weighted by Crippen LogP contribution is -2.46. The van der Waals surface area contributed by atoms with Crippen LogP contribution in [0.3, 0.4) is 0 Å². The largest absolute Gasteiger partial charge is 0.487 e. The molecule has 28 heavy (non-hydrogen) atoms. The van der Waals surface area contributed by atoms with Gasteiger partial charge in [-0.1, -0.05) is 31.5 Å². The number of para-hydroxylation sites is 1. The van der Waals surface area contributed by atoms with Crippen molar-refractivity contribution < 1.29 is 9.84 Å². The first-order chi connectivity index (χ1) is 13.7. The average Bonchev–Trinajstić information content (AvgIpc) is 3.13. The van der Waals surface area contributed by atoms with Gasteiger partial charge in [-0.15, -0.1) is 0 Å². The van der Waals surface area contributed by atoms with Crippen molar-refractivity contribution in [1.29, 1.82) is 0 Å². The number of hydrogen-bond donors (Lipinski definition) is 3. The Morgan fingerprint density at radius 2 is 2.04 bits per heavy atom. The summed E-state index contributed by atoms with van der Waals surface area (Å²) < 4.78 is 6.49. The van der Waals surface area contributed by atoms with Gasteiger partial charge in [0.05, 0.1) is 6.04 Å². The first kappa shape index (κ1) is 21.0. The van der Waals surface area contributed by atoms with Crippen LogP contribution in [-0.4, -0.2) is 36.4 Å². The normalized spacial score (nSPS) is 21.8. The number of aliphatic hydroxyl groups excluding tert-OH is 1. The number of fused-ring (bicyclic) bond motifs is 1. The summed E-state index contributed by atoms with van der Waals surface area (Å²) in [5, 5.41) is 16.4. The summed E-state index contributed by atoms with van der Waals surface area (Å²) in [5.74, 6) is 2.33. The molecule has 2 aliphatic rings. The molecule has 1 heterocycles. The van der Waals surface area contributed by atoms with E-state index in [4.69, 9.17) is 9.73 Å². The van der Waals surface area contributed by atoms with Crippen molar-refractivity contribution in [3.05, 3.63) is 29.8 Å². The Morgan fingerprint density at radius 3 is 2.75 bits per heavy atom. The molecule has 2 unspecified atom stereocenters. The zero-order valence-corrected chi connectivity index (χ0v) is 17.5. The molecule has 0 amide bonds. The SMILES string of the molecule is CCCC(CCO)CN=C(NCC)NC1CC2(CCCC2)Oc2ccccc21. The molecule has 1 fully saturated rings. The van der Waals surface area contributed by atoms with Crippen LogP contribution in [0.1, 0.15) is 76.8 Å². The number of aliphatic imine (C=N–C) groups is 1. The summed E-state index contributed by atoms with van der Waals surface area (Å²) in [4.78, 5) is 4.88. The van der Waals surface area contributed by atoms with E-state index in [1.807, 2.05) is 0 Å². The van der Waals surface area contributed by atoms with Gasteiger partial charge in [0.15, 0.2) is 5.96 Å². The van der Waals surface area contributed by atoms with E-state index in [0.717, 1.165) is 63.3 Å². The average molecular weight is 388 g/mol. The van der Waals surface area contributed by atoms with Gasteiger partial charge in [0, 0.05) is 31.7 Å². The van der Waals surface area contributed by atoms with Gasteiger partial charge in [0.25, 0.3) is 0 Å². The molecule has 5 heteroatoms. The third kappa shape index (κ3) is 5.19. The van der Waals surface area contributed by atoms with Crippen molar-refractivity contribution in [2.24, 2.45) is 10.9 Å². The zero-order valence-electron chi connectivity index (χ0n) is 17.5. The van der Waals surface area contributed by atoms with E-state index in [-0.39, 0.29) is 18.2 Å². The summed E-state index contributed by atoms with van der Waals surface area (Å²) in [6.45, 7) is 6.11. The molecule has 1 saturated carbocycles. The molecule has 1 aliphatic carbocycles. The van der Waals surface area contributed by atoms with Crippen LogP contribution in [0.25, 0.3) is 0 Å². The van der Waals surface area contributed by atoms with Crippen LogP contribution in [0.2, 0.25) is 0 Å². The first-order valence-electron chi connectivity index (χ1n) is 11.1. The maximum absolute atomic E-state index is 9.33. The molecule has 1 aromatic rings. The van der Waals surface area contributed by atoms with Crippen LogP contribution in [0.15, 0.2) is 29.3 Å². The van der Waals surface area contributed by atoms with E-state index in [1.54, 1.807) is 0 Å². The molecule has 1 aliphatic heterocycles. The molecule has 0 aromatic heterocycles. The molecule has 1 spiro atoms. The lowest BCUT2D eigenvalue weighted by Gasteiger charge is -2.40. The zero-order chi connectivity index (χ0) is 19.8. The number of nitrogens with one attached hydrogen (secondary N) is 2. The Labute approximate surface area is 170 Å². The molecule has 0 bridgehead atoms. The molecule has 1 aromatic carbocycles. The maximum atomic E-state index is 9.33. The second-order valence-corrected chi connectivity index (χ2v) is 8.32. The molecule has 0 radical (unpaired) electrons. The first-order valence-corrected chi connectivity index (χ1v) is 11.1. The molecule has 3 N–H and O–H groups in total. The van der Waals surface area contributed by atoms with Crippen molar-refractivity contribution in [2.75, 3.05) is 19.7 Å². The van der Waals surface area contributed by atoms with Crippen molar-refractivity contribution in [1.82, 2.24) is 10.6 Å². The number of aliphatic hydroxyl groups is 1. The summed E-state index contributed by atoms with van der Waals surface area (Å²) in [6.07, 6.45) is 8.83. The van der Waals surface area contributed by atoms with Crippen molar-refractivity contribution >= 4 is 5.96 Å². The fraction of sp³-hybridized carbons (Fsp3) is 0.696. The van der Waals surface area contributed by atoms with Crippen LogP contribution in [-0.2, 0) is 0 Å². The smallest absolute Gasteiger partial charge is 0.191 e. The number of hydrogen-bond acceptors (Lipinski definition) is 3. The predicted octanol–water partition coefficient (Wildman–Crippen LogP) is 4.18. The van der Waals surface area contributed by atoms with Gasteiger partial charge >= 0.3 is 0 Å². The van der Waals surface area contributed by atoms with E-state index >= 15 is 0 Å². The van der Waals surface area contributed by atoms with Gasteiger partial charge < -0.3 is 20.5 Å². The molecule has 0 saturated heterocycles. The van der Waals surface area contributed by atoms with Gasteiger partial charge in [-0.3, -0.25) is 4.99 Å². The minimum atomic E-state index is -0.0228. The van der Waals surface area contributed by atoms with Crippen molar-refractivity contribution in [3.8, 4) is 5.75 Å². The van der Waals surface area contributed by atoms with Crippen LogP contribution in [0.5, 0.6) is 5.75 Å². The van der Waals surface area contributed by atoms with Gasteiger partial charge in [-0.05, 0) is 57.4 Å². The van der Waals surface area contributed by atoms with E-state index in [2.05, 4.69) is 48.7 Å². The highest BCUT2D eigenvalue weighted by atomic mass is 16.5. The van der Waals surface area contributed by atoms with Gasteiger partial charge in [-0.2, -0.15) is 0 Å². The minimum absolute atomic E-state index is 0.0228. The van der Waals surface area contributed by atoms with E-state index < -0.39 is 0 Å². The molecule has 2 atom stereocenters. The number of benzene rings is 1. The fourth-order valence-corrected chi connectivity index (χ4v) is 4.70. The Balaban J connectivity index is 1.76. The van der Waals surface area contributed by atoms with Gasteiger partial charge in [0.1, 0.15) is 11.4 Å². The highest BCUT2D eigenvalue weighted by Crippen LogP contribution is 2.46. The number of guanidine groups is 1. The molecular weight excluding hydrogens is 350 g/mol. The second-order valence-electron chi connectivity index (χ2n) is 8.32. The molecule has 3 rings (SSSR count). The lowest BCUT2D eigenvalue weighted by atomic mass is 9.86. The highest BCUT2D eigenvalue weighted by Gasteiger charge is 2.43. The lowest BCUT2D eigenvalue weighted by molar-refractivity contribution is 0.0396. The fourth-order valence-electron chi connectivity index (χ4n) is 4.70. The third-order valence-corrected chi connectivity index (χ3v) is 6.11. The standard InChI is InChI=1S/C23H37N3O2/c1-3-9-18(12-15-27)17-25-22(24-4-2)26-20-16-23(13-7-8-14-23)28-21-11-6-5-10-19(20)21/h5-6,10-11,18,20,27H,3-4,7-9,12-17H2,1-2H3,(H2,24,25,26). The number of nitrogens with zero attached hydrogens (tertiary/aromatic N) is 1. The van der Waals surface area contributed by atoms with Crippen molar-refractivity contribution in [3.63, 3.8) is 0 Å². The number of rotatable bonds is 8. The van der Waals surface area contributed by atoms with Crippen LogP contribution in [0, 0.1) is 5.92 Å². The third-order valence-electron chi connectivity index (χ3n) is 6.11. The Morgan fingerprint density at radius 1 is 1.25 bits per heavy atom. The quantitative estimate of drug-likeness (QED) is 0.462. The topological polar surface area (TPSA) is 65.9 Å². The van der Waals surface area contributed by atoms with Crippen LogP contribution >= 0.6 is 0 Å². The Kier molecular flexibility index (Phi) is 7.60. The summed E-state index contributed by atoms with van der Waals surface area (Å²) in [6, 6.07) is 8.64. The van der Waals surface area contributed by atoms with Gasteiger partial charge in [0.2, 0.25) is 0 Å². The molecular formula is C23H37N3O2. The highest BCUT2D eigenvalue weighted by molar-refractivity contribution is 5.80. The molecule has 156 valence electrons. The summed E-state index contributed by atoms with van der Waals surface area (Å²) in [7, 11) is 0. The summed E-state index contributed by atoms with van der Waals surface area (Å²) in [5.41, 5.74) is 1.21. The summed E-state index contributed by atoms with van der Waals surface area (Å²) >= 11 is 0. The molecule has 5 nitrogen and oxygen atoms in total. The monoisotopic (exact) mass is 387 g/mol. The van der Waals surface area contributed by atoms with Gasteiger partial charge in [-0.25, -0.2) is 0 Å². The predicted molar refractivity (Wildman–Crippen MR) is 115 cm³/mol. The van der Waals surface area contributed by atoms with Crippen LogP contribution in [0.4, 0.5) is 0 Å². The maximum Gasteiger partial charge on any atom is 0.191 e. The minimum Gasteiger partial charge on any atom is -0.487 e. The van der Waals surface area contributed by atoms with E-state index in [0.29, 0.717) is 5.92 Å². The van der Waals surface area contributed by atoms with E-state index in [1.165, 1.54) is 18.4 Å². The van der Waals surface area contributed by atoms with Crippen LogP contribution < -0.4 is 15.4 Å². The van der Waals surface area contributed by atoms with Crippen molar-refractivity contribution in [2.45, 2.75) is 76.9 Å². The van der Waals surface area contributed by atoms with E-state index in [9.17, 15) is 5.11 Å².